The van der Waals surface area contributed by atoms with Crippen molar-refractivity contribution in [2.75, 3.05) is 5.32 Å². The van der Waals surface area contributed by atoms with Crippen LogP contribution in [-0.2, 0) is 0 Å². The number of amides is 1. The van der Waals surface area contributed by atoms with Crippen LogP contribution in [0.1, 0.15) is 37.0 Å². The SMILES string of the molecule is O=C(c1cccc(NC(=O)c2ccc(Cl)s2)c1)c1ccc2c(C=Cc3ccccn3)n[nH]c2c1. The molecule has 2 aromatic carbocycles. The Morgan fingerprint density at radius 3 is 2.62 bits per heavy atom. The standard InChI is InChI=1S/C26H17ClN4O2S/c27-24-12-11-23(34-24)26(33)29-19-6-3-4-16(14-19)25(32)17-7-9-20-21(30-31-22(20)15-17)10-8-18-5-1-2-13-28-18/h1-15H,(H,29,33)(H,30,31). The van der Waals surface area contributed by atoms with Gasteiger partial charge in [-0.15, -0.1) is 11.3 Å². The summed E-state index contributed by atoms with van der Waals surface area (Å²) in [5.41, 5.74) is 3.87. The van der Waals surface area contributed by atoms with E-state index in [4.69, 9.17) is 11.6 Å². The molecular formula is C26H17ClN4O2S. The average molecular weight is 485 g/mol. The normalized spacial score (nSPS) is 11.2. The molecule has 0 bridgehead atoms. The monoisotopic (exact) mass is 484 g/mol. The van der Waals surface area contributed by atoms with Crippen LogP contribution < -0.4 is 5.32 Å². The Bertz CT molecular complexity index is 1540. The van der Waals surface area contributed by atoms with E-state index in [2.05, 4.69) is 20.5 Å². The second-order valence-corrected chi connectivity index (χ2v) is 9.14. The van der Waals surface area contributed by atoms with Crippen LogP contribution >= 0.6 is 22.9 Å². The van der Waals surface area contributed by atoms with Gasteiger partial charge in [0.1, 0.15) is 0 Å². The lowest BCUT2D eigenvalue weighted by molar-refractivity contribution is 0.102. The van der Waals surface area contributed by atoms with E-state index in [1.165, 1.54) is 11.3 Å². The van der Waals surface area contributed by atoms with Crippen LogP contribution in [0.25, 0.3) is 23.1 Å². The molecule has 0 unspecified atom stereocenters. The number of halogens is 1. The molecule has 0 saturated heterocycles. The summed E-state index contributed by atoms with van der Waals surface area (Å²) in [5, 5.41) is 11.1. The zero-order valence-corrected chi connectivity index (χ0v) is 19.2. The molecule has 6 nitrogen and oxygen atoms in total. The number of benzene rings is 2. The summed E-state index contributed by atoms with van der Waals surface area (Å²) in [6.07, 6.45) is 5.51. The number of aromatic amines is 1. The van der Waals surface area contributed by atoms with Gasteiger partial charge >= 0.3 is 0 Å². The molecule has 5 rings (SSSR count). The molecule has 2 N–H and O–H groups in total. The third-order valence-electron chi connectivity index (χ3n) is 5.13. The Labute approximate surface area is 203 Å². The largest absolute Gasteiger partial charge is 0.321 e. The topological polar surface area (TPSA) is 87.7 Å². The Morgan fingerprint density at radius 1 is 0.941 bits per heavy atom. The predicted molar refractivity (Wildman–Crippen MR) is 136 cm³/mol. The number of hydrogen-bond donors (Lipinski definition) is 2. The number of H-pyrrole nitrogens is 1. The highest BCUT2D eigenvalue weighted by Gasteiger charge is 2.14. The van der Waals surface area contributed by atoms with Gasteiger partial charge in [-0.3, -0.25) is 19.7 Å². The summed E-state index contributed by atoms with van der Waals surface area (Å²) in [6, 6.07) is 21.3. The van der Waals surface area contributed by atoms with Crippen LogP contribution in [0.2, 0.25) is 4.34 Å². The van der Waals surface area contributed by atoms with Crippen molar-refractivity contribution in [1.82, 2.24) is 15.2 Å². The number of rotatable bonds is 6. The summed E-state index contributed by atoms with van der Waals surface area (Å²) in [4.78, 5) is 30.3. The summed E-state index contributed by atoms with van der Waals surface area (Å²) in [6.45, 7) is 0. The van der Waals surface area contributed by atoms with Gasteiger partial charge in [-0.05, 0) is 60.7 Å². The zero-order valence-electron chi connectivity index (χ0n) is 17.7. The number of aromatic nitrogens is 3. The van der Waals surface area contributed by atoms with Crippen molar-refractivity contribution < 1.29 is 9.59 Å². The first-order valence-corrected chi connectivity index (χ1v) is 11.5. The molecule has 0 radical (unpaired) electrons. The molecule has 0 aliphatic rings. The minimum absolute atomic E-state index is 0.155. The second kappa shape index (κ2) is 9.43. The van der Waals surface area contributed by atoms with E-state index in [1.54, 1.807) is 54.7 Å². The minimum Gasteiger partial charge on any atom is -0.321 e. The van der Waals surface area contributed by atoms with Gasteiger partial charge in [0.05, 0.1) is 26.1 Å². The molecule has 1 amide bonds. The van der Waals surface area contributed by atoms with Crippen LogP contribution in [0.5, 0.6) is 0 Å². The van der Waals surface area contributed by atoms with E-state index < -0.39 is 0 Å². The van der Waals surface area contributed by atoms with Gasteiger partial charge < -0.3 is 5.32 Å². The maximum Gasteiger partial charge on any atom is 0.265 e. The highest BCUT2D eigenvalue weighted by atomic mass is 35.5. The van der Waals surface area contributed by atoms with E-state index >= 15 is 0 Å². The van der Waals surface area contributed by atoms with Gasteiger partial charge in [-0.25, -0.2) is 0 Å². The molecule has 0 saturated carbocycles. The number of nitrogens with one attached hydrogen (secondary N) is 2. The summed E-state index contributed by atoms with van der Waals surface area (Å²) < 4.78 is 0.540. The van der Waals surface area contributed by atoms with E-state index in [-0.39, 0.29) is 11.7 Å². The van der Waals surface area contributed by atoms with Crippen LogP contribution in [0, 0.1) is 0 Å². The van der Waals surface area contributed by atoms with Crippen molar-refractivity contribution in [2.24, 2.45) is 0 Å². The lowest BCUT2D eigenvalue weighted by atomic mass is 10.0. The van der Waals surface area contributed by atoms with E-state index in [9.17, 15) is 9.59 Å². The van der Waals surface area contributed by atoms with E-state index in [1.807, 2.05) is 36.4 Å². The van der Waals surface area contributed by atoms with Gasteiger partial charge in [0.25, 0.3) is 5.91 Å². The van der Waals surface area contributed by atoms with Crippen LogP contribution in [0.4, 0.5) is 5.69 Å². The van der Waals surface area contributed by atoms with Crippen molar-refractivity contribution in [3.8, 4) is 0 Å². The lowest BCUT2D eigenvalue weighted by Gasteiger charge is -2.07. The number of carbonyl (C=O) groups is 2. The molecule has 0 fully saturated rings. The van der Waals surface area contributed by atoms with Gasteiger partial charge in [0, 0.05) is 28.4 Å². The highest BCUT2D eigenvalue weighted by molar-refractivity contribution is 7.18. The maximum atomic E-state index is 13.1. The van der Waals surface area contributed by atoms with Gasteiger partial charge in [0.15, 0.2) is 5.78 Å². The number of nitrogens with zero attached hydrogens (tertiary/aromatic N) is 2. The number of thiophene rings is 1. The molecule has 34 heavy (non-hydrogen) atoms. The van der Waals surface area contributed by atoms with Crippen molar-refractivity contribution in [3.63, 3.8) is 0 Å². The predicted octanol–water partition coefficient (Wildman–Crippen LogP) is 6.33. The second-order valence-electron chi connectivity index (χ2n) is 7.42. The van der Waals surface area contributed by atoms with Crippen molar-refractivity contribution in [2.45, 2.75) is 0 Å². The molecule has 8 heteroatoms. The highest BCUT2D eigenvalue weighted by Crippen LogP contribution is 2.24. The average Bonchev–Trinajstić information content (AvgIpc) is 3.49. The number of ketones is 1. The van der Waals surface area contributed by atoms with Gasteiger partial charge in [0.2, 0.25) is 0 Å². The van der Waals surface area contributed by atoms with Crippen LogP contribution in [0.15, 0.2) is 79.0 Å². The van der Waals surface area contributed by atoms with Crippen molar-refractivity contribution >= 4 is 63.4 Å². The molecule has 5 aromatic rings. The minimum atomic E-state index is -0.272. The van der Waals surface area contributed by atoms with Crippen molar-refractivity contribution in [3.05, 3.63) is 111 Å². The smallest absolute Gasteiger partial charge is 0.265 e. The summed E-state index contributed by atoms with van der Waals surface area (Å²) in [5.74, 6) is -0.427. The Morgan fingerprint density at radius 2 is 1.82 bits per heavy atom. The number of pyridine rings is 1. The molecule has 3 heterocycles. The van der Waals surface area contributed by atoms with Gasteiger partial charge in [-0.2, -0.15) is 5.10 Å². The molecule has 0 aliphatic heterocycles. The van der Waals surface area contributed by atoms with E-state index in [0.717, 1.165) is 22.3 Å². The molecule has 3 aromatic heterocycles. The fourth-order valence-electron chi connectivity index (χ4n) is 3.48. The number of fused-ring (bicyclic) bond motifs is 1. The van der Waals surface area contributed by atoms with Crippen LogP contribution in [-0.4, -0.2) is 26.9 Å². The Kier molecular flexibility index (Phi) is 6.03. The zero-order chi connectivity index (χ0) is 23.5. The van der Waals surface area contributed by atoms with Crippen LogP contribution in [0.3, 0.4) is 0 Å². The van der Waals surface area contributed by atoms with Gasteiger partial charge in [-0.1, -0.05) is 35.9 Å². The maximum absolute atomic E-state index is 13.1. The number of hydrogen-bond acceptors (Lipinski definition) is 5. The first-order chi connectivity index (χ1) is 16.6. The molecular weight excluding hydrogens is 468 g/mol. The summed E-state index contributed by atoms with van der Waals surface area (Å²) >= 11 is 7.11. The van der Waals surface area contributed by atoms with E-state index in [0.29, 0.717) is 26.0 Å². The first kappa shape index (κ1) is 21.8. The first-order valence-electron chi connectivity index (χ1n) is 10.4. The quantitative estimate of drug-likeness (QED) is 0.276. The third-order valence-corrected chi connectivity index (χ3v) is 6.36. The number of anilines is 1. The third kappa shape index (κ3) is 4.66. The molecule has 0 atom stereocenters. The van der Waals surface area contributed by atoms with Crippen molar-refractivity contribution in [1.29, 1.82) is 0 Å². The Hall–Kier alpha value is -4.07. The molecule has 0 spiro atoms. The lowest BCUT2D eigenvalue weighted by Crippen LogP contribution is -2.11. The molecule has 0 aliphatic carbocycles. The molecule has 166 valence electrons. The fourth-order valence-corrected chi connectivity index (χ4v) is 4.42. The Balaban J connectivity index is 1.36. The summed E-state index contributed by atoms with van der Waals surface area (Å²) in [7, 11) is 0. The fraction of sp³-hybridized carbons (Fsp3) is 0. The number of carbonyl (C=O) groups excluding carboxylic acids is 2.